The van der Waals surface area contributed by atoms with Crippen LogP contribution in [-0.2, 0) is 16.0 Å². The summed E-state index contributed by atoms with van der Waals surface area (Å²) in [7, 11) is 0. The quantitative estimate of drug-likeness (QED) is 0.343. The van der Waals surface area contributed by atoms with E-state index in [0.29, 0.717) is 41.2 Å². The van der Waals surface area contributed by atoms with Crippen molar-refractivity contribution in [3.8, 4) is 17.2 Å². The summed E-state index contributed by atoms with van der Waals surface area (Å²) in [6.45, 7) is 6.09. The Labute approximate surface area is 249 Å². The largest absolute Gasteiger partial charge is 1.00 e. The Kier molecular flexibility index (Phi) is 10.3. The third-order valence-electron chi connectivity index (χ3n) is 5.78. The van der Waals surface area contributed by atoms with E-state index in [1.54, 1.807) is 30.3 Å². The van der Waals surface area contributed by atoms with Crippen LogP contribution in [0.2, 0.25) is 5.02 Å². The van der Waals surface area contributed by atoms with Gasteiger partial charge in [-0.05, 0) is 63.1 Å². The zero-order valence-electron chi connectivity index (χ0n) is 22.0. The van der Waals surface area contributed by atoms with Gasteiger partial charge in [0.15, 0.2) is 0 Å². The molecule has 0 spiro atoms. The smallest absolute Gasteiger partial charge is 0.549 e. The van der Waals surface area contributed by atoms with Crippen LogP contribution < -0.4 is 49.5 Å². The van der Waals surface area contributed by atoms with E-state index < -0.39 is 23.7 Å². The monoisotopic (exact) mass is 545 g/mol. The van der Waals surface area contributed by atoms with E-state index in [-0.39, 0.29) is 47.1 Å². The number of carbonyl (C=O) groups excluding carboxylic acids is 2. The van der Waals surface area contributed by atoms with Crippen molar-refractivity contribution in [1.82, 2.24) is 5.32 Å². The van der Waals surface area contributed by atoms with Crippen molar-refractivity contribution in [2.75, 3.05) is 6.61 Å². The number of ether oxygens (including phenoxy) is 3. The van der Waals surface area contributed by atoms with Gasteiger partial charge in [-0.2, -0.15) is 0 Å². The molecule has 3 aromatic rings. The molecule has 4 rings (SSSR count). The summed E-state index contributed by atoms with van der Waals surface area (Å²) in [4.78, 5) is 24.4. The van der Waals surface area contributed by atoms with Crippen LogP contribution in [-0.4, -0.2) is 30.3 Å². The molecular weight excluding hydrogens is 517 g/mol. The van der Waals surface area contributed by atoms with Crippen molar-refractivity contribution in [3.63, 3.8) is 0 Å². The molecule has 1 aliphatic rings. The summed E-state index contributed by atoms with van der Waals surface area (Å²) in [5, 5.41) is 14.7. The number of amides is 1. The Balaban J connectivity index is 0.00000400. The van der Waals surface area contributed by atoms with Crippen LogP contribution in [0.15, 0.2) is 66.7 Å². The standard InChI is InChI=1S/C29H30ClNO6.Na/c1-29(2,3)37-26(15-18-7-5-4-6-8-18)31-27(32)19-9-11-20(12-10-19)36-25-17-24-22(16-23(25)30)21(28(33)34)13-14-35-24;/h4-12,16-17,21,26H,13-15H2,1-3H3,(H,31,32)(H,33,34);/q;+1/p-1. The summed E-state index contributed by atoms with van der Waals surface area (Å²) in [5.74, 6) is -1.04. The number of hydrogen-bond donors (Lipinski definition) is 1. The number of halogens is 1. The van der Waals surface area contributed by atoms with Gasteiger partial charge in [0.2, 0.25) is 0 Å². The van der Waals surface area contributed by atoms with Crippen molar-refractivity contribution in [2.24, 2.45) is 0 Å². The number of fused-ring (bicyclic) bond motifs is 1. The summed E-state index contributed by atoms with van der Waals surface area (Å²) >= 11 is 6.37. The molecule has 9 heteroatoms. The molecule has 194 valence electrons. The molecule has 38 heavy (non-hydrogen) atoms. The van der Waals surface area contributed by atoms with Crippen LogP contribution in [0.3, 0.4) is 0 Å². The summed E-state index contributed by atoms with van der Waals surface area (Å²) in [5.41, 5.74) is 1.53. The number of hydrogen-bond acceptors (Lipinski definition) is 6. The van der Waals surface area contributed by atoms with Gasteiger partial charge in [-0.3, -0.25) is 4.79 Å². The normalized spacial score (nSPS) is 15.3. The van der Waals surface area contributed by atoms with E-state index >= 15 is 0 Å². The predicted molar refractivity (Wildman–Crippen MR) is 138 cm³/mol. The van der Waals surface area contributed by atoms with E-state index in [1.807, 2.05) is 51.1 Å². The molecule has 2 unspecified atom stereocenters. The number of carboxylic acid groups (broad SMARTS) is 1. The Morgan fingerprint density at radius 3 is 2.42 bits per heavy atom. The first-order valence-corrected chi connectivity index (χ1v) is 12.4. The average molecular weight is 546 g/mol. The van der Waals surface area contributed by atoms with E-state index in [9.17, 15) is 14.7 Å². The van der Waals surface area contributed by atoms with Crippen molar-refractivity contribution in [3.05, 3.63) is 88.4 Å². The first-order chi connectivity index (χ1) is 17.6. The van der Waals surface area contributed by atoms with Crippen molar-refractivity contribution < 1.29 is 58.5 Å². The SMILES string of the molecule is CC(C)(C)OC(Cc1ccccc1)NC(=O)c1ccc(Oc2cc3c(cc2Cl)C(C(=O)[O-])CCO3)cc1.[Na+]. The van der Waals surface area contributed by atoms with Gasteiger partial charge < -0.3 is 29.4 Å². The molecular formula is C29H29ClNNaO6. The van der Waals surface area contributed by atoms with E-state index in [2.05, 4.69) is 5.32 Å². The fourth-order valence-electron chi connectivity index (χ4n) is 4.12. The number of rotatable bonds is 8. The molecule has 1 N–H and O–H groups in total. The van der Waals surface area contributed by atoms with Crippen LogP contribution in [0.4, 0.5) is 0 Å². The molecule has 0 aliphatic carbocycles. The third kappa shape index (κ3) is 7.98. The molecule has 0 aromatic heterocycles. The van der Waals surface area contributed by atoms with Gasteiger partial charge in [-0.25, -0.2) is 0 Å². The second-order valence-corrected chi connectivity index (χ2v) is 10.2. The van der Waals surface area contributed by atoms with Gasteiger partial charge in [-0.1, -0.05) is 41.9 Å². The molecule has 2 atom stereocenters. The van der Waals surface area contributed by atoms with Gasteiger partial charge in [0, 0.05) is 35.5 Å². The Bertz CT molecular complexity index is 1260. The number of benzene rings is 3. The number of carbonyl (C=O) groups is 2. The van der Waals surface area contributed by atoms with E-state index in [0.717, 1.165) is 5.56 Å². The predicted octanol–water partition coefficient (Wildman–Crippen LogP) is 1.87. The first-order valence-electron chi connectivity index (χ1n) is 12.1. The Morgan fingerprint density at radius 2 is 1.79 bits per heavy atom. The van der Waals surface area contributed by atoms with Crippen LogP contribution in [0, 0.1) is 0 Å². The Morgan fingerprint density at radius 1 is 1.11 bits per heavy atom. The van der Waals surface area contributed by atoms with Gasteiger partial charge in [-0.15, -0.1) is 0 Å². The number of nitrogens with one attached hydrogen (secondary N) is 1. The molecule has 1 amide bonds. The third-order valence-corrected chi connectivity index (χ3v) is 6.08. The molecule has 0 saturated carbocycles. The van der Waals surface area contributed by atoms with Crippen LogP contribution in [0.5, 0.6) is 17.2 Å². The zero-order valence-corrected chi connectivity index (χ0v) is 24.7. The second-order valence-electron chi connectivity index (χ2n) is 9.84. The maximum Gasteiger partial charge on any atom is 1.00 e. The molecule has 1 aliphatic heterocycles. The second kappa shape index (κ2) is 13.0. The van der Waals surface area contributed by atoms with Gasteiger partial charge >= 0.3 is 29.6 Å². The fraction of sp³-hybridized carbons (Fsp3) is 0.310. The van der Waals surface area contributed by atoms with Crippen LogP contribution >= 0.6 is 11.6 Å². The summed E-state index contributed by atoms with van der Waals surface area (Å²) in [6, 6.07) is 19.6. The minimum Gasteiger partial charge on any atom is -0.549 e. The van der Waals surface area contributed by atoms with Crippen molar-refractivity contribution in [1.29, 1.82) is 0 Å². The van der Waals surface area contributed by atoms with Gasteiger partial charge in [0.05, 0.1) is 17.2 Å². The molecule has 3 aromatic carbocycles. The molecule has 0 fully saturated rings. The van der Waals surface area contributed by atoms with Crippen LogP contribution in [0.1, 0.15) is 54.6 Å². The molecule has 7 nitrogen and oxygen atoms in total. The number of aliphatic carboxylic acids is 1. The van der Waals surface area contributed by atoms with Crippen LogP contribution in [0.25, 0.3) is 0 Å². The average Bonchev–Trinajstić information content (AvgIpc) is 2.84. The minimum atomic E-state index is -1.16. The van der Waals surface area contributed by atoms with E-state index in [4.69, 9.17) is 25.8 Å². The van der Waals surface area contributed by atoms with Crippen molar-refractivity contribution >= 4 is 23.5 Å². The van der Waals surface area contributed by atoms with Gasteiger partial charge in [0.25, 0.3) is 5.91 Å². The van der Waals surface area contributed by atoms with Crippen molar-refractivity contribution in [2.45, 2.75) is 51.4 Å². The topological polar surface area (TPSA) is 96.9 Å². The molecule has 0 radical (unpaired) electrons. The summed E-state index contributed by atoms with van der Waals surface area (Å²) < 4.78 is 17.6. The zero-order chi connectivity index (χ0) is 26.6. The number of carboxylic acids is 1. The van der Waals surface area contributed by atoms with Gasteiger partial charge in [0.1, 0.15) is 23.5 Å². The fourth-order valence-corrected chi connectivity index (χ4v) is 4.33. The molecule has 0 saturated heterocycles. The molecule has 1 heterocycles. The maximum absolute atomic E-state index is 13.0. The Hall–Kier alpha value is -2.55. The maximum atomic E-state index is 13.0. The first kappa shape index (κ1) is 30.0. The minimum absolute atomic E-state index is 0. The van der Waals surface area contributed by atoms with E-state index in [1.165, 1.54) is 6.07 Å². The summed E-state index contributed by atoms with van der Waals surface area (Å²) in [6.07, 6.45) is 0.343. The molecule has 0 bridgehead atoms.